The molecule has 0 bridgehead atoms. The molecule has 0 saturated carbocycles. The van der Waals surface area contributed by atoms with Crippen molar-refractivity contribution in [2.75, 3.05) is 0 Å². The second-order valence-electron chi connectivity index (χ2n) is 5.01. The van der Waals surface area contributed by atoms with Crippen LogP contribution in [0.2, 0.25) is 10.0 Å². The molecule has 0 unspecified atom stereocenters. The maximum Gasteiger partial charge on any atom is 0.272 e. The van der Waals surface area contributed by atoms with Gasteiger partial charge in [0.15, 0.2) is 5.75 Å². The standard InChI is InChI=1S/C17H10Cl2N2O4/c18-14-8-12(21(23)24)9-15(19)17(14)25-13-6-7-16(22)20(10-13)11-4-2-1-3-5-11/h1-10H. The van der Waals surface area contributed by atoms with Crippen LogP contribution in [0.3, 0.4) is 0 Å². The van der Waals surface area contributed by atoms with Crippen LogP contribution >= 0.6 is 23.2 Å². The molecule has 25 heavy (non-hydrogen) atoms. The molecule has 0 amide bonds. The van der Waals surface area contributed by atoms with E-state index in [2.05, 4.69) is 0 Å². The van der Waals surface area contributed by atoms with Crippen LogP contribution < -0.4 is 10.3 Å². The minimum atomic E-state index is -0.600. The fourth-order valence-corrected chi connectivity index (χ4v) is 2.74. The van der Waals surface area contributed by atoms with E-state index in [0.29, 0.717) is 11.4 Å². The Hall–Kier alpha value is -2.83. The lowest BCUT2D eigenvalue weighted by molar-refractivity contribution is -0.384. The van der Waals surface area contributed by atoms with Crippen LogP contribution in [0, 0.1) is 10.1 Å². The molecular formula is C17H10Cl2N2O4. The smallest absolute Gasteiger partial charge is 0.272 e. The summed E-state index contributed by atoms with van der Waals surface area (Å²) in [4.78, 5) is 22.3. The van der Waals surface area contributed by atoms with Gasteiger partial charge in [-0.2, -0.15) is 0 Å². The van der Waals surface area contributed by atoms with Gasteiger partial charge in [0.1, 0.15) is 5.75 Å². The Bertz CT molecular complexity index is 980. The Morgan fingerprint density at radius 3 is 2.24 bits per heavy atom. The Morgan fingerprint density at radius 2 is 1.64 bits per heavy atom. The first kappa shape index (κ1) is 17.0. The molecule has 3 aromatic rings. The lowest BCUT2D eigenvalue weighted by Crippen LogP contribution is -2.16. The maximum absolute atomic E-state index is 12.1. The number of hydrogen-bond donors (Lipinski definition) is 0. The first-order chi connectivity index (χ1) is 12.0. The highest BCUT2D eigenvalue weighted by Crippen LogP contribution is 2.39. The van der Waals surface area contributed by atoms with Crippen molar-refractivity contribution in [3.8, 4) is 17.2 Å². The first-order valence-electron chi connectivity index (χ1n) is 7.05. The number of non-ortho nitro benzene ring substituents is 1. The largest absolute Gasteiger partial charge is 0.453 e. The summed E-state index contributed by atoms with van der Waals surface area (Å²) < 4.78 is 7.05. The molecule has 0 aliphatic heterocycles. The van der Waals surface area contributed by atoms with Crippen molar-refractivity contribution >= 4 is 28.9 Å². The van der Waals surface area contributed by atoms with Crippen LogP contribution in [0.25, 0.3) is 5.69 Å². The molecule has 6 nitrogen and oxygen atoms in total. The van der Waals surface area contributed by atoms with Crippen molar-refractivity contribution in [2.24, 2.45) is 0 Å². The second kappa shape index (κ2) is 6.96. The van der Waals surface area contributed by atoms with Gasteiger partial charge in [0.05, 0.1) is 21.2 Å². The molecule has 0 N–H and O–H groups in total. The SMILES string of the molecule is O=c1ccc(Oc2c(Cl)cc([N+](=O)[O-])cc2Cl)cn1-c1ccccc1. The number of benzene rings is 2. The number of para-hydroxylation sites is 1. The van der Waals surface area contributed by atoms with Gasteiger partial charge in [-0.05, 0) is 18.2 Å². The number of ether oxygens (including phenoxy) is 1. The highest BCUT2D eigenvalue weighted by atomic mass is 35.5. The zero-order chi connectivity index (χ0) is 18.0. The van der Waals surface area contributed by atoms with E-state index in [9.17, 15) is 14.9 Å². The summed E-state index contributed by atoms with van der Waals surface area (Å²) in [6, 6.07) is 14.1. The van der Waals surface area contributed by atoms with Gasteiger partial charge >= 0.3 is 0 Å². The van der Waals surface area contributed by atoms with Crippen LogP contribution in [0.4, 0.5) is 5.69 Å². The van der Waals surface area contributed by atoms with Crippen LogP contribution in [0.1, 0.15) is 0 Å². The number of nitro groups is 1. The van der Waals surface area contributed by atoms with Crippen LogP contribution in [0.5, 0.6) is 11.5 Å². The highest BCUT2D eigenvalue weighted by Gasteiger charge is 2.16. The summed E-state index contributed by atoms with van der Waals surface area (Å²) in [7, 11) is 0. The number of rotatable bonds is 4. The number of halogens is 2. The van der Waals surface area contributed by atoms with Crippen molar-refractivity contribution in [1.29, 1.82) is 0 Å². The highest BCUT2D eigenvalue weighted by molar-refractivity contribution is 6.37. The molecule has 0 spiro atoms. The van der Waals surface area contributed by atoms with E-state index in [1.165, 1.54) is 22.9 Å². The van der Waals surface area contributed by atoms with Crippen LogP contribution in [0.15, 0.2) is 65.6 Å². The van der Waals surface area contributed by atoms with E-state index in [0.717, 1.165) is 12.1 Å². The van der Waals surface area contributed by atoms with Gasteiger partial charge in [-0.3, -0.25) is 19.5 Å². The maximum atomic E-state index is 12.1. The summed E-state index contributed by atoms with van der Waals surface area (Å²) in [6.07, 6.45) is 1.49. The van der Waals surface area contributed by atoms with Crippen molar-refractivity contribution in [3.63, 3.8) is 0 Å². The monoisotopic (exact) mass is 376 g/mol. The van der Waals surface area contributed by atoms with Gasteiger partial charge in [-0.1, -0.05) is 41.4 Å². The molecule has 0 fully saturated rings. The van der Waals surface area contributed by atoms with Gasteiger partial charge in [0, 0.05) is 23.9 Å². The third kappa shape index (κ3) is 3.65. The number of nitro benzene ring substituents is 1. The van der Waals surface area contributed by atoms with Crippen molar-refractivity contribution in [1.82, 2.24) is 4.57 Å². The molecule has 3 rings (SSSR count). The fraction of sp³-hybridized carbons (Fsp3) is 0. The molecule has 1 aromatic heterocycles. The second-order valence-corrected chi connectivity index (χ2v) is 5.82. The molecule has 0 saturated heterocycles. The lowest BCUT2D eigenvalue weighted by atomic mass is 10.3. The number of hydrogen-bond acceptors (Lipinski definition) is 4. The third-order valence-electron chi connectivity index (χ3n) is 3.33. The third-order valence-corrected chi connectivity index (χ3v) is 3.89. The molecule has 0 atom stereocenters. The topological polar surface area (TPSA) is 74.4 Å². The summed E-state index contributed by atoms with van der Waals surface area (Å²) in [6.45, 7) is 0. The molecule has 0 radical (unpaired) electrons. The average Bonchev–Trinajstić information content (AvgIpc) is 2.60. The minimum Gasteiger partial charge on any atom is -0.453 e. The van der Waals surface area contributed by atoms with E-state index < -0.39 is 4.92 Å². The molecule has 8 heteroatoms. The van der Waals surface area contributed by atoms with Gasteiger partial charge in [0.2, 0.25) is 0 Å². The van der Waals surface area contributed by atoms with E-state index in [-0.39, 0.29) is 27.0 Å². The average molecular weight is 377 g/mol. The summed E-state index contributed by atoms with van der Waals surface area (Å²) in [5.74, 6) is 0.383. The summed E-state index contributed by atoms with van der Waals surface area (Å²) in [5.41, 5.74) is 0.190. The Labute approximate surface area is 152 Å². The first-order valence-corrected chi connectivity index (χ1v) is 7.81. The van der Waals surface area contributed by atoms with Crippen molar-refractivity contribution < 1.29 is 9.66 Å². The summed E-state index contributed by atoms with van der Waals surface area (Å²) in [5, 5.41) is 10.8. The number of nitrogens with zero attached hydrogens (tertiary/aromatic N) is 2. The minimum absolute atomic E-state index is 0.00309. The zero-order valence-electron chi connectivity index (χ0n) is 12.6. The van der Waals surface area contributed by atoms with Crippen molar-refractivity contribution in [3.05, 3.63) is 91.3 Å². The molecule has 126 valence electrons. The molecule has 0 aliphatic rings. The molecule has 1 heterocycles. The van der Waals surface area contributed by atoms with Crippen LogP contribution in [-0.2, 0) is 0 Å². The van der Waals surface area contributed by atoms with Crippen molar-refractivity contribution in [2.45, 2.75) is 0 Å². The Kier molecular flexibility index (Phi) is 4.74. The van der Waals surface area contributed by atoms with E-state index in [1.54, 1.807) is 24.3 Å². The molecule has 2 aromatic carbocycles. The zero-order valence-corrected chi connectivity index (χ0v) is 14.1. The van der Waals surface area contributed by atoms with E-state index in [4.69, 9.17) is 27.9 Å². The van der Waals surface area contributed by atoms with Gasteiger partial charge < -0.3 is 4.74 Å². The number of pyridine rings is 1. The van der Waals surface area contributed by atoms with Gasteiger partial charge in [-0.15, -0.1) is 0 Å². The Morgan fingerprint density at radius 1 is 1.00 bits per heavy atom. The van der Waals surface area contributed by atoms with Gasteiger partial charge in [0.25, 0.3) is 11.2 Å². The Balaban J connectivity index is 2.00. The predicted octanol–water partition coefficient (Wildman–Crippen LogP) is 4.84. The van der Waals surface area contributed by atoms with Crippen LogP contribution in [-0.4, -0.2) is 9.49 Å². The quantitative estimate of drug-likeness (QED) is 0.482. The van der Waals surface area contributed by atoms with E-state index >= 15 is 0 Å². The normalized spacial score (nSPS) is 10.5. The predicted molar refractivity (Wildman–Crippen MR) is 95.2 cm³/mol. The summed E-state index contributed by atoms with van der Waals surface area (Å²) >= 11 is 12.1. The molecule has 0 aliphatic carbocycles. The van der Waals surface area contributed by atoms with E-state index in [1.807, 2.05) is 6.07 Å². The molecular weight excluding hydrogens is 367 g/mol. The number of aromatic nitrogens is 1. The van der Waals surface area contributed by atoms with Gasteiger partial charge in [-0.25, -0.2) is 0 Å². The lowest BCUT2D eigenvalue weighted by Gasteiger charge is -2.11. The fourth-order valence-electron chi connectivity index (χ4n) is 2.19.